The van der Waals surface area contributed by atoms with Gasteiger partial charge >= 0.3 is 0 Å². The SMILES string of the molecule is Fc1ccccc1-c1cc(N2CCc3ccccc3C2)nc(-c2ccncc2)n1. The third kappa shape index (κ3) is 3.47. The van der Waals surface area contributed by atoms with Gasteiger partial charge in [0.05, 0.1) is 5.69 Å². The molecule has 1 aliphatic rings. The standard InChI is InChI=1S/C24H19FN4/c25-21-8-4-3-7-20(21)22-15-23(28-24(27-22)18-9-12-26-13-10-18)29-14-11-17-5-1-2-6-19(17)16-29/h1-10,12-13,15H,11,14,16H2. The van der Waals surface area contributed by atoms with Crippen LogP contribution in [0.15, 0.2) is 79.1 Å². The van der Waals surface area contributed by atoms with Crippen LogP contribution >= 0.6 is 0 Å². The Morgan fingerprint density at radius 1 is 0.828 bits per heavy atom. The minimum absolute atomic E-state index is 0.290. The van der Waals surface area contributed by atoms with E-state index in [1.165, 1.54) is 17.2 Å². The average molecular weight is 382 g/mol. The Bertz CT molecular complexity index is 1160. The molecule has 0 fully saturated rings. The van der Waals surface area contributed by atoms with Gasteiger partial charge in [0.1, 0.15) is 11.6 Å². The summed E-state index contributed by atoms with van der Waals surface area (Å²) in [5.74, 6) is 1.09. The smallest absolute Gasteiger partial charge is 0.162 e. The van der Waals surface area contributed by atoms with Gasteiger partial charge in [0.15, 0.2) is 5.82 Å². The highest BCUT2D eigenvalue weighted by Gasteiger charge is 2.20. The van der Waals surface area contributed by atoms with E-state index in [4.69, 9.17) is 4.98 Å². The maximum Gasteiger partial charge on any atom is 0.162 e. The lowest BCUT2D eigenvalue weighted by Gasteiger charge is -2.30. The summed E-state index contributed by atoms with van der Waals surface area (Å²) in [7, 11) is 0. The summed E-state index contributed by atoms with van der Waals surface area (Å²) in [6, 6.07) is 20.8. The van der Waals surface area contributed by atoms with E-state index in [1.807, 2.05) is 24.3 Å². The van der Waals surface area contributed by atoms with E-state index in [0.717, 1.165) is 30.9 Å². The Morgan fingerprint density at radius 2 is 1.59 bits per heavy atom. The number of hydrogen-bond acceptors (Lipinski definition) is 4. The fourth-order valence-electron chi connectivity index (χ4n) is 3.72. The fourth-order valence-corrected chi connectivity index (χ4v) is 3.72. The fraction of sp³-hybridized carbons (Fsp3) is 0.125. The lowest BCUT2D eigenvalue weighted by Crippen LogP contribution is -2.31. The van der Waals surface area contributed by atoms with E-state index >= 15 is 0 Å². The molecule has 0 aliphatic carbocycles. The summed E-state index contributed by atoms with van der Waals surface area (Å²) < 4.78 is 14.5. The van der Waals surface area contributed by atoms with Gasteiger partial charge in [0.25, 0.3) is 0 Å². The van der Waals surface area contributed by atoms with Gasteiger partial charge in [-0.05, 0) is 41.8 Å². The Kier molecular flexibility index (Phi) is 4.48. The Morgan fingerprint density at radius 3 is 2.41 bits per heavy atom. The van der Waals surface area contributed by atoms with Gasteiger partial charge in [0.2, 0.25) is 0 Å². The van der Waals surface area contributed by atoms with Crippen molar-refractivity contribution in [1.29, 1.82) is 0 Å². The summed E-state index contributed by atoms with van der Waals surface area (Å²) in [4.78, 5) is 15.8. The van der Waals surface area contributed by atoms with Crippen LogP contribution in [0.3, 0.4) is 0 Å². The summed E-state index contributed by atoms with van der Waals surface area (Å²) >= 11 is 0. The first-order chi connectivity index (χ1) is 14.3. The molecule has 29 heavy (non-hydrogen) atoms. The van der Waals surface area contributed by atoms with Gasteiger partial charge < -0.3 is 4.90 Å². The van der Waals surface area contributed by atoms with Crippen LogP contribution in [0.4, 0.5) is 10.2 Å². The van der Waals surface area contributed by atoms with E-state index < -0.39 is 0 Å². The van der Waals surface area contributed by atoms with E-state index in [9.17, 15) is 4.39 Å². The lowest BCUT2D eigenvalue weighted by molar-refractivity contribution is 0.630. The molecule has 1 aliphatic heterocycles. The maximum atomic E-state index is 14.5. The minimum Gasteiger partial charge on any atom is -0.352 e. The molecular formula is C24H19FN4. The maximum absolute atomic E-state index is 14.5. The topological polar surface area (TPSA) is 41.9 Å². The molecule has 142 valence electrons. The quantitative estimate of drug-likeness (QED) is 0.505. The lowest BCUT2D eigenvalue weighted by atomic mass is 10.00. The molecule has 0 saturated heterocycles. The zero-order chi connectivity index (χ0) is 19.6. The number of benzene rings is 2. The van der Waals surface area contributed by atoms with Gasteiger partial charge in [-0.1, -0.05) is 36.4 Å². The van der Waals surface area contributed by atoms with E-state index in [-0.39, 0.29) is 5.82 Å². The molecule has 0 bridgehead atoms. The van der Waals surface area contributed by atoms with Crippen molar-refractivity contribution in [2.24, 2.45) is 0 Å². The third-order valence-corrected chi connectivity index (χ3v) is 5.26. The van der Waals surface area contributed by atoms with Crippen molar-refractivity contribution >= 4 is 5.82 Å². The van der Waals surface area contributed by atoms with Gasteiger partial charge in [-0.15, -0.1) is 0 Å². The first kappa shape index (κ1) is 17.5. The predicted molar refractivity (Wildman–Crippen MR) is 112 cm³/mol. The zero-order valence-corrected chi connectivity index (χ0v) is 15.8. The Hall–Kier alpha value is -3.60. The summed E-state index contributed by atoms with van der Waals surface area (Å²) in [6.07, 6.45) is 4.39. The van der Waals surface area contributed by atoms with Gasteiger partial charge in [-0.25, -0.2) is 14.4 Å². The highest BCUT2D eigenvalue weighted by Crippen LogP contribution is 2.30. The second-order valence-electron chi connectivity index (χ2n) is 7.09. The van der Waals surface area contributed by atoms with Crippen LogP contribution in [0.2, 0.25) is 0 Å². The van der Waals surface area contributed by atoms with Crippen molar-refractivity contribution in [3.8, 4) is 22.6 Å². The molecule has 0 radical (unpaired) electrons. The van der Waals surface area contributed by atoms with Crippen LogP contribution in [0.1, 0.15) is 11.1 Å². The minimum atomic E-state index is -0.290. The van der Waals surface area contributed by atoms with Crippen molar-refractivity contribution in [3.05, 3.63) is 96.1 Å². The van der Waals surface area contributed by atoms with E-state index in [0.29, 0.717) is 17.1 Å². The van der Waals surface area contributed by atoms with Crippen LogP contribution < -0.4 is 4.90 Å². The van der Waals surface area contributed by atoms with E-state index in [1.54, 1.807) is 24.5 Å². The molecule has 0 saturated carbocycles. The third-order valence-electron chi connectivity index (χ3n) is 5.26. The molecule has 0 spiro atoms. The molecule has 0 N–H and O–H groups in total. The molecule has 0 amide bonds. The molecule has 5 rings (SSSR count). The normalized spacial score (nSPS) is 13.2. The number of rotatable bonds is 3. The molecule has 0 unspecified atom stereocenters. The second kappa shape index (κ2) is 7.43. The molecule has 5 heteroatoms. The average Bonchev–Trinajstić information content (AvgIpc) is 2.79. The van der Waals surface area contributed by atoms with E-state index in [2.05, 4.69) is 39.1 Å². The molecule has 4 aromatic rings. The number of anilines is 1. The number of halogens is 1. The summed E-state index contributed by atoms with van der Waals surface area (Å²) in [5, 5.41) is 0. The summed E-state index contributed by atoms with van der Waals surface area (Å²) in [6.45, 7) is 1.64. The first-order valence-corrected chi connectivity index (χ1v) is 9.64. The first-order valence-electron chi connectivity index (χ1n) is 9.64. The Labute approximate surface area is 168 Å². The highest BCUT2D eigenvalue weighted by molar-refractivity contribution is 5.68. The second-order valence-corrected chi connectivity index (χ2v) is 7.09. The van der Waals surface area contributed by atoms with Gasteiger partial charge in [0, 0.05) is 42.7 Å². The Balaban J connectivity index is 1.62. The molecule has 3 heterocycles. The van der Waals surface area contributed by atoms with Crippen LogP contribution in [-0.2, 0) is 13.0 Å². The number of aromatic nitrogens is 3. The summed E-state index contributed by atoms with van der Waals surface area (Å²) in [5.41, 5.74) is 4.59. The molecule has 4 nitrogen and oxygen atoms in total. The van der Waals surface area contributed by atoms with Crippen molar-refractivity contribution in [2.45, 2.75) is 13.0 Å². The van der Waals surface area contributed by atoms with Gasteiger partial charge in [-0.3, -0.25) is 4.98 Å². The van der Waals surface area contributed by atoms with Crippen molar-refractivity contribution < 1.29 is 4.39 Å². The molecular weight excluding hydrogens is 363 g/mol. The number of fused-ring (bicyclic) bond motifs is 1. The number of pyridine rings is 1. The monoisotopic (exact) mass is 382 g/mol. The van der Waals surface area contributed by atoms with Crippen molar-refractivity contribution in [2.75, 3.05) is 11.4 Å². The predicted octanol–water partition coefficient (Wildman–Crippen LogP) is 4.91. The number of nitrogens with zero attached hydrogens (tertiary/aromatic N) is 4. The zero-order valence-electron chi connectivity index (χ0n) is 15.8. The van der Waals surface area contributed by atoms with Crippen LogP contribution in [0.25, 0.3) is 22.6 Å². The highest BCUT2D eigenvalue weighted by atomic mass is 19.1. The van der Waals surface area contributed by atoms with Gasteiger partial charge in [-0.2, -0.15) is 0 Å². The van der Waals surface area contributed by atoms with Crippen LogP contribution in [0.5, 0.6) is 0 Å². The van der Waals surface area contributed by atoms with Crippen molar-refractivity contribution in [3.63, 3.8) is 0 Å². The van der Waals surface area contributed by atoms with Crippen LogP contribution in [0, 0.1) is 5.82 Å². The van der Waals surface area contributed by atoms with Crippen molar-refractivity contribution in [1.82, 2.24) is 15.0 Å². The molecule has 2 aromatic carbocycles. The number of hydrogen-bond donors (Lipinski definition) is 0. The van der Waals surface area contributed by atoms with Crippen LogP contribution in [-0.4, -0.2) is 21.5 Å². The largest absolute Gasteiger partial charge is 0.352 e. The molecule has 2 aromatic heterocycles. The molecule has 0 atom stereocenters.